The van der Waals surface area contributed by atoms with E-state index in [1.807, 2.05) is 32.9 Å². The van der Waals surface area contributed by atoms with E-state index in [0.29, 0.717) is 11.3 Å². The molecule has 0 heterocycles. The highest BCUT2D eigenvalue weighted by Gasteiger charge is 1.96. The molecule has 17 heavy (non-hydrogen) atoms. The van der Waals surface area contributed by atoms with Crippen LogP contribution in [0.15, 0.2) is 49.6 Å². The molecule has 0 spiro atoms. The Kier molecular flexibility index (Phi) is 12.6. The number of rotatable bonds is 2. The van der Waals surface area contributed by atoms with E-state index in [1.165, 1.54) is 6.07 Å². The number of benzene rings is 1. The van der Waals surface area contributed by atoms with Crippen molar-refractivity contribution in [2.75, 3.05) is 5.73 Å². The summed E-state index contributed by atoms with van der Waals surface area (Å²) in [7, 11) is 0. The zero-order chi connectivity index (χ0) is 13.7. The van der Waals surface area contributed by atoms with Crippen molar-refractivity contribution >= 4 is 11.8 Å². The van der Waals surface area contributed by atoms with E-state index in [-0.39, 0.29) is 5.82 Å². The summed E-state index contributed by atoms with van der Waals surface area (Å²) in [5.74, 6) is -0.291. The Morgan fingerprint density at radius 1 is 1.18 bits per heavy atom. The fraction of sp³-hybridized carbons (Fsp3) is 0.200. The smallest absolute Gasteiger partial charge is 0.132 e. The van der Waals surface area contributed by atoms with Gasteiger partial charge in [-0.05, 0) is 25.1 Å². The molecule has 0 fully saturated rings. The van der Waals surface area contributed by atoms with Crippen LogP contribution in [-0.4, -0.2) is 0 Å². The summed E-state index contributed by atoms with van der Waals surface area (Å²) in [5, 5.41) is 0. The monoisotopic (exact) mass is 235 g/mol. The second-order valence-corrected chi connectivity index (χ2v) is 2.67. The standard InChI is InChI=1S/C11H12FN.C2H6.C2H4/c1-2-3-4-5-9-6-7-10(13)8-11(9)12;2*1-2/h2-8H,13H2,1H3;1-2H3;1-2H2/b3-2-,5-4-;;. The first kappa shape index (κ1) is 17.6. The molecule has 0 bridgehead atoms. The number of allylic oxidation sites excluding steroid dienone is 3. The van der Waals surface area contributed by atoms with Gasteiger partial charge in [0, 0.05) is 11.3 Å². The van der Waals surface area contributed by atoms with Gasteiger partial charge in [-0.3, -0.25) is 0 Å². The molecule has 0 aliphatic rings. The molecule has 0 aliphatic heterocycles. The third-order valence-corrected chi connectivity index (χ3v) is 1.60. The van der Waals surface area contributed by atoms with Crippen molar-refractivity contribution in [2.45, 2.75) is 20.8 Å². The lowest BCUT2D eigenvalue weighted by Crippen LogP contribution is -1.87. The van der Waals surface area contributed by atoms with Crippen molar-refractivity contribution < 1.29 is 4.39 Å². The normalized spacial score (nSPS) is 9.41. The van der Waals surface area contributed by atoms with Gasteiger partial charge < -0.3 is 5.73 Å². The Labute approximate surface area is 104 Å². The minimum absolute atomic E-state index is 0.291. The number of hydrogen-bond acceptors (Lipinski definition) is 1. The summed E-state index contributed by atoms with van der Waals surface area (Å²) >= 11 is 0. The Bertz CT molecular complexity index is 354. The highest BCUT2D eigenvalue weighted by Crippen LogP contribution is 2.12. The van der Waals surface area contributed by atoms with Gasteiger partial charge in [0.2, 0.25) is 0 Å². The highest BCUT2D eigenvalue weighted by atomic mass is 19.1. The maximum atomic E-state index is 13.1. The maximum absolute atomic E-state index is 13.1. The van der Waals surface area contributed by atoms with E-state index >= 15 is 0 Å². The van der Waals surface area contributed by atoms with Gasteiger partial charge in [-0.25, -0.2) is 4.39 Å². The third-order valence-electron chi connectivity index (χ3n) is 1.60. The molecule has 1 aromatic carbocycles. The molecule has 2 heteroatoms. The Hall–Kier alpha value is -1.83. The molecular weight excluding hydrogens is 213 g/mol. The largest absolute Gasteiger partial charge is 0.399 e. The van der Waals surface area contributed by atoms with Crippen LogP contribution in [0.25, 0.3) is 6.08 Å². The quantitative estimate of drug-likeness (QED) is 0.443. The summed E-state index contributed by atoms with van der Waals surface area (Å²) in [5.41, 5.74) is 6.40. The van der Waals surface area contributed by atoms with Crippen LogP contribution in [0, 0.1) is 5.82 Å². The lowest BCUT2D eigenvalue weighted by Gasteiger charge is -1.97. The lowest BCUT2D eigenvalue weighted by molar-refractivity contribution is 0.626. The van der Waals surface area contributed by atoms with Gasteiger partial charge in [-0.2, -0.15) is 0 Å². The Morgan fingerprint density at radius 2 is 1.76 bits per heavy atom. The molecule has 0 atom stereocenters. The van der Waals surface area contributed by atoms with Crippen molar-refractivity contribution in [1.82, 2.24) is 0 Å². The molecule has 0 aliphatic carbocycles. The molecule has 0 saturated carbocycles. The summed E-state index contributed by atoms with van der Waals surface area (Å²) in [6.07, 6.45) is 7.21. The number of nitrogens with two attached hydrogens (primary N) is 1. The van der Waals surface area contributed by atoms with Crippen LogP contribution in [0.5, 0.6) is 0 Å². The first-order valence-corrected chi connectivity index (χ1v) is 5.58. The average Bonchev–Trinajstić information content (AvgIpc) is 2.37. The molecular formula is C15H22FN. The van der Waals surface area contributed by atoms with E-state index in [9.17, 15) is 4.39 Å². The van der Waals surface area contributed by atoms with Crippen LogP contribution in [0.2, 0.25) is 0 Å². The molecule has 0 unspecified atom stereocenters. The molecule has 1 aromatic rings. The van der Waals surface area contributed by atoms with E-state index < -0.39 is 0 Å². The number of nitrogen functional groups attached to an aromatic ring is 1. The predicted octanol–water partition coefficient (Wildman–Crippen LogP) is 4.83. The summed E-state index contributed by atoms with van der Waals surface area (Å²) in [4.78, 5) is 0. The third kappa shape index (κ3) is 8.03. The molecule has 0 amide bonds. The fourth-order valence-corrected chi connectivity index (χ4v) is 0.949. The second-order valence-electron chi connectivity index (χ2n) is 2.67. The number of anilines is 1. The fourth-order valence-electron chi connectivity index (χ4n) is 0.949. The SMILES string of the molecule is C/C=C\C=C/c1ccc(N)cc1F.C=C.CC. The topological polar surface area (TPSA) is 26.0 Å². The van der Waals surface area contributed by atoms with Gasteiger partial charge in [-0.1, -0.05) is 38.2 Å². The van der Waals surface area contributed by atoms with Gasteiger partial charge >= 0.3 is 0 Å². The predicted molar refractivity (Wildman–Crippen MR) is 77.3 cm³/mol. The molecule has 0 saturated heterocycles. The van der Waals surface area contributed by atoms with E-state index in [4.69, 9.17) is 5.73 Å². The van der Waals surface area contributed by atoms with Gasteiger partial charge in [0.1, 0.15) is 5.82 Å². The number of halogens is 1. The minimum Gasteiger partial charge on any atom is -0.399 e. The van der Waals surface area contributed by atoms with Gasteiger partial charge in [0.25, 0.3) is 0 Å². The zero-order valence-corrected chi connectivity index (χ0v) is 10.9. The average molecular weight is 235 g/mol. The van der Waals surface area contributed by atoms with Crippen LogP contribution in [0.4, 0.5) is 10.1 Å². The number of hydrogen-bond donors (Lipinski definition) is 1. The van der Waals surface area contributed by atoms with Gasteiger partial charge in [0.05, 0.1) is 0 Å². The molecule has 0 radical (unpaired) electrons. The maximum Gasteiger partial charge on any atom is 0.132 e. The van der Waals surface area contributed by atoms with Crippen molar-refractivity contribution in [3.8, 4) is 0 Å². The second kappa shape index (κ2) is 12.2. The minimum atomic E-state index is -0.291. The first-order chi connectivity index (χ1) is 8.24. The van der Waals surface area contributed by atoms with Gasteiger partial charge in [-0.15, -0.1) is 13.2 Å². The van der Waals surface area contributed by atoms with Crippen molar-refractivity contribution in [1.29, 1.82) is 0 Å². The highest BCUT2D eigenvalue weighted by molar-refractivity contribution is 5.55. The van der Waals surface area contributed by atoms with Crippen LogP contribution in [-0.2, 0) is 0 Å². The van der Waals surface area contributed by atoms with Crippen molar-refractivity contribution in [3.63, 3.8) is 0 Å². The van der Waals surface area contributed by atoms with Crippen LogP contribution in [0.1, 0.15) is 26.3 Å². The van der Waals surface area contributed by atoms with Crippen LogP contribution < -0.4 is 5.73 Å². The molecule has 1 rings (SSSR count). The zero-order valence-electron chi connectivity index (χ0n) is 10.9. The summed E-state index contributed by atoms with van der Waals surface area (Å²) in [6.45, 7) is 11.9. The summed E-state index contributed by atoms with van der Waals surface area (Å²) < 4.78 is 13.1. The van der Waals surface area contributed by atoms with Gasteiger partial charge in [0.15, 0.2) is 0 Å². The molecule has 0 aromatic heterocycles. The van der Waals surface area contributed by atoms with Crippen LogP contribution in [0.3, 0.4) is 0 Å². The van der Waals surface area contributed by atoms with Crippen molar-refractivity contribution in [3.05, 3.63) is 61.0 Å². The van der Waals surface area contributed by atoms with Crippen LogP contribution >= 0.6 is 0 Å². The van der Waals surface area contributed by atoms with E-state index in [0.717, 1.165) is 0 Å². The molecule has 1 nitrogen and oxygen atoms in total. The molecule has 2 N–H and O–H groups in total. The summed E-state index contributed by atoms with van der Waals surface area (Å²) in [6, 6.07) is 4.65. The lowest BCUT2D eigenvalue weighted by atomic mass is 10.2. The van der Waals surface area contributed by atoms with E-state index in [2.05, 4.69) is 13.2 Å². The Balaban J connectivity index is 0. The van der Waals surface area contributed by atoms with Crippen molar-refractivity contribution in [2.24, 2.45) is 0 Å². The molecule has 94 valence electrons. The van der Waals surface area contributed by atoms with E-state index in [1.54, 1.807) is 24.3 Å². The first-order valence-electron chi connectivity index (χ1n) is 5.58. The Morgan fingerprint density at radius 3 is 2.24 bits per heavy atom.